The van der Waals surface area contributed by atoms with Gasteiger partial charge < -0.3 is 14.8 Å². The lowest BCUT2D eigenvalue weighted by Gasteiger charge is -2.11. The van der Waals surface area contributed by atoms with Crippen LogP contribution in [0.2, 0.25) is 0 Å². The number of benzene rings is 1. The highest BCUT2D eigenvalue weighted by Crippen LogP contribution is 2.23. The molecule has 0 unspecified atom stereocenters. The molecule has 88 valence electrons. The quantitative estimate of drug-likeness (QED) is 0.393. The Labute approximate surface area is 93.7 Å². The number of hydrogen-bond acceptors (Lipinski definition) is 4. The second-order valence-corrected chi connectivity index (χ2v) is 3.00. The molecule has 0 spiro atoms. The monoisotopic (exact) mass is 225 g/mol. The van der Waals surface area contributed by atoms with Gasteiger partial charge in [-0.25, -0.2) is 10.6 Å². The van der Waals surface area contributed by atoms with Crippen LogP contribution < -0.4 is 26.1 Å². The first-order valence-corrected chi connectivity index (χ1v) is 4.66. The number of rotatable bonds is 4. The molecule has 0 aliphatic heterocycles. The van der Waals surface area contributed by atoms with Crippen LogP contribution in [0.25, 0.3) is 0 Å². The fourth-order valence-electron chi connectivity index (χ4n) is 1.25. The maximum absolute atomic E-state index is 10.9. The fraction of sp³-hybridized carbons (Fsp3) is 0.300. The van der Waals surface area contributed by atoms with Crippen LogP contribution in [0.5, 0.6) is 11.5 Å². The SMILES string of the molecule is COc1ccc(OC)c(CNC(=O)NN)c1. The molecular weight excluding hydrogens is 210 g/mol. The maximum atomic E-state index is 10.9. The van der Waals surface area contributed by atoms with Crippen LogP contribution >= 0.6 is 0 Å². The largest absolute Gasteiger partial charge is 0.497 e. The second kappa shape index (κ2) is 5.82. The van der Waals surface area contributed by atoms with E-state index in [1.165, 1.54) is 0 Å². The van der Waals surface area contributed by atoms with Crippen molar-refractivity contribution in [2.75, 3.05) is 14.2 Å². The molecule has 0 bridgehead atoms. The average Bonchev–Trinajstić information content (AvgIpc) is 2.35. The number of hydrazine groups is 1. The lowest BCUT2D eigenvalue weighted by molar-refractivity contribution is 0.240. The summed E-state index contributed by atoms with van der Waals surface area (Å²) in [5.74, 6) is 6.32. The predicted octanol–water partition coefficient (Wildman–Crippen LogP) is 0.377. The molecule has 0 aliphatic carbocycles. The Hall–Kier alpha value is -1.95. The Balaban J connectivity index is 2.78. The Morgan fingerprint density at radius 1 is 1.38 bits per heavy atom. The first-order valence-electron chi connectivity index (χ1n) is 4.66. The molecule has 0 saturated carbocycles. The third-order valence-corrected chi connectivity index (χ3v) is 2.06. The van der Waals surface area contributed by atoms with Crippen LogP contribution in [0.3, 0.4) is 0 Å². The molecule has 16 heavy (non-hydrogen) atoms. The summed E-state index contributed by atoms with van der Waals surface area (Å²) in [5, 5.41) is 2.56. The minimum Gasteiger partial charge on any atom is -0.497 e. The van der Waals surface area contributed by atoms with E-state index in [0.717, 1.165) is 5.56 Å². The Morgan fingerprint density at radius 2 is 2.12 bits per heavy atom. The fourth-order valence-corrected chi connectivity index (χ4v) is 1.25. The number of ether oxygens (including phenoxy) is 2. The topological polar surface area (TPSA) is 85.6 Å². The molecule has 0 radical (unpaired) electrons. The normalized spacial score (nSPS) is 9.44. The summed E-state index contributed by atoms with van der Waals surface area (Å²) in [7, 11) is 3.14. The van der Waals surface area contributed by atoms with E-state index in [9.17, 15) is 4.79 Å². The van der Waals surface area contributed by atoms with Crippen molar-refractivity contribution in [3.63, 3.8) is 0 Å². The van der Waals surface area contributed by atoms with Gasteiger partial charge in [0.1, 0.15) is 11.5 Å². The van der Waals surface area contributed by atoms with Crippen molar-refractivity contribution in [2.45, 2.75) is 6.54 Å². The van der Waals surface area contributed by atoms with E-state index in [1.54, 1.807) is 32.4 Å². The Kier molecular flexibility index (Phi) is 4.41. The van der Waals surface area contributed by atoms with Gasteiger partial charge in [-0.15, -0.1) is 0 Å². The first-order chi connectivity index (χ1) is 7.71. The van der Waals surface area contributed by atoms with Gasteiger partial charge in [-0.1, -0.05) is 0 Å². The van der Waals surface area contributed by atoms with Gasteiger partial charge in [0.25, 0.3) is 0 Å². The zero-order chi connectivity index (χ0) is 12.0. The molecule has 0 fully saturated rings. The minimum absolute atomic E-state index is 0.309. The van der Waals surface area contributed by atoms with E-state index < -0.39 is 6.03 Å². The van der Waals surface area contributed by atoms with Crippen molar-refractivity contribution in [2.24, 2.45) is 5.84 Å². The van der Waals surface area contributed by atoms with Gasteiger partial charge in [0.15, 0.2) is 0 Å². The molecule has 0 atom stereocenters. The molecule has 0 aromatic heterocycles. The molecule has 6 nitrogen and oxygen atoms in total. The van der Waals surface area contributed by atoms with Crippen molar-refractivity contribution in [1.29, 1.82) is 0 Å². The van der Waals surface area contributed by atoms with Gasteiger partial charge in [-0.3, -0.25) is 5.43 Å². The lowest BCUT2D eigenvalue weighted by Crippen LogP contribution is -2.39. The molecule has 1 aromatic rings. The van der Waals surface area contributed by atoms with Crippen LogP contribution in [0.4, 0.5) is 4.79 Å². The first kappa shape index (κ1) is 12.1. The standard InChI is InChI=1S/C10H15N3O3/c1-15-8-3-4-9(16-2)7(5-8)6-12-10(14)13-11/h3-5H,6,11H2,1-2H3,(H2,12,13,14). The summed E-state index contributed by atoms with van der Waals surface area (Å²) in [4.78, 5) is 10.9. The second-order valence-electron chi connectivity index (χ2n) is 3.00. The van der Waals surface area contributed by atoms with Gasteiger partial charge in [0, 0.05) is 12.1 Å². The van der Waals surface area contributed by atoms with Crippen LogP contribution in [-0.4, -0.2) is 20.3 Å². The number of methoxy groups -OCH3 is 2. The third kappa shape index (κ3) is 3.03. The van der Waals surface area contributed by atoms with Crippen molar-refractivity contribution in [3.8, 4) is 11.5 Å². The van der Waals surface area contributed by atoms with E-state index in [2.05, 4.69) is 5.32 Å². The zero-order valence-corrected chi connectivity index (χ0v) is 9.24. The summed E-state index contributed by atoms with van der Waals surface area (Å²) in [6, 6.07) is 4.89. The van der Waals surface area contributed by atoms with Crippen LogP contribution in [0.15, 0.2) is 18.2 Å². The molecule has 6 heteroatoms. The number of hydrogen-bond donors (Lipinski definition) is 3. The van der Waals surface area contributed by atoms with Crippen molar-refractivity contribution in [1.82, 2.24) is 10.7 Å². The lowest BCUT2D eigenvalue weighted by atomic mass is 10.2. The van der Waals surface area contributed by atoms with Crippen LogP contribution in [0.1, 0.15) is 5.56 Å². The van der Waals surface area contributed by atoms with Gasteiger partial charge in [0.2, 0.25) is 0 Å². The highest BCUT2D eigenvalue weighted by atomic mass is 16.5. The summed E-state index contributed by atoms with van der Waals surface area (Å²) in [6.07, 6.45) is 0. The smallest absolute Gasteiger partial charge is 0.329 e. The number of nitrogens with one attached hydrogen (secondary N) is 2. The molecular formula is C10H15N3O3. The van der Waals surface area contributed by atoms with Crippen LogP contribution in [-0.2, 0) is 6.54 Å². The molecule has 1 rings (SSSR count). The van der Waals surface area contributed by atoms with E-state index in [0.29, 0.717) is 18.0 Å². The Bertz CT molecular complexity index is 368. The number of carbonyl (C=O) groups excluding carboxylic acids is 1. The number of carbonyl (C=O) groups is 1. The van der Waals surface area contributed by atoms with Crippen molar-refractivity contribution >= 4 is 6.03 Å². The van der Waals surface area contributed by atoms with E-state index in [1.807, 2.05) is 5.43 Å². The van der Waals surface area contributed by atoms with Crippen LogP contribution in [0, 0.1) is 0 Å². The average molecular weight is 225 g/mol. The van der Waals surface area contributed by atoms with Gasteiger partial charge in [-0.05, 0) is 18.2 Å². The van der Waals surface area contributed by atoms with Gasteiger partial charge in [-0.2, -0.15) is 0 Å². The summed E-state index contributed by atoms with van der Waals surface area (Å²) in [6.45, 7) is 0.309. The molecule has 0 heterocycles. The Morgan fingerprint density at radius 3 is 2.69 bits per heavy atom. The maximum Gasteiger partial charge on any atom is 0.329 e. The van der Waals surface area contributed by atoms with Crippen molar-refractivity contribution < 1.29 is 14.3 Å². The molecule has 1 aromatic carbocycles. The summed E-state index contributed by atoms with van der Waals surface area (Å²) in [5.41, 5.74) is 2.79. The van der Waals surface area contributed by atoms with Gasteiger partial charge >= 0.3 is 6.03 Å². The van der Waals surface area contributed by atoms with Crippen molar-refractivity contribution in [3.05, 3.63) is 23.8 Å². The molecule has 4 N–H and O–H groups in total. The van der Waals surface area contributed by atoms with E-state index in [4.69, 9.17) is 15.3 Å². The summed E-state index contributed by atoms with van der Waals surface area (Å²) < 4.78 is 10.2. The van der Waals surface area contributed by atoms with Gasteiger partial charge in [0.05, 0.1) is 14.2 Å². The zero-order valence-electron chi connectivity index (χ0n) is 9.24. The molecule has 2 amide bonds. The number of nitrogens with two attached hydrogens (primary N) is 1. The number of amides is 2. The third-order valence-electron chi connectivity index (χ3n) is 2.06. The highest BCUT2D eigenvalue weighted by molar-refractivity contribution is 5.73. The molecule has 0 aliphatic rings. The van der Waals surface area contributed by atoms with E-state index >= 15 is 0 Å². The highest BCUT2D eigenvalue weighted by Gasteiger charge is 2.06. The predicted molar refractivity (Wildman–Crippen MR) is 59.1 cm³/mol. The minimum atomic E-state index is -0.454. The summed E-state index contributed by atoms with van der Waals surface area (Å²) >= 11 is 0. The molecule has 0 saturated heterocycles. The van der Waals surface area contributed by atoms with E-state index in [-0.39, 0.29) is 0 Å². The number of urea groups is 1.